The Hall–Kier alpha value is -3.72. The summed E-state index contributed by atoms with van der Waals surface area (Å²) in [6.07, 6.45) is -3.10. The number of ether oxygens (including phenoxy) is 1. The van der Waals surface area contributed by atoms with Crippen molar-refractivity contribution in [2.24, 2.45) is 0 Å². The molecule has 3 nitrogen and oxygen atoms in total. The van der Waals surface area contributed by atoms with Crippen LogP contribution in [0, 0.1) is 17.7 Å². The summed E-state index contributed by atoms with van der Waals surface area (Å²) in [6, 6.07) is 19.5. The van der Waals surface area contributed by atoms with Crippen molar-refractivity contribution < 1.29 is 22.7 Å². The maximum atomic E-state index is 13.6. The lowest BCUT2D eigenvalue weighted by molar-refractivity contribution is 0.143. The molecule has 0 spiro atoms. The second-order valence-corrected chi connectivity index (χ2v) is 7.34. The summed E-state index contributed by atoms with van der Waals surface area (Å²) in [5, 5.41) is 2.64. The van der Waals surface area contributed by atoms with Crippen molar-refractivity contribution in [3.05, 3.63) is 94.8 Å². The molecule has 0 aliphatic heterocycles. The molecule has 0 aromatic heterocycles. The van der Waals surface area contributed by atoms with Gasteiger partial charge in [0.05, 0.1) is 5.56 Å². The highest BCUT2D eigenvalue weighted by Crippen LogP contribution is 2.44. The third kappa shape index (κ3) is 4.62. The number of alkyl carbamates (subject to hydrolysis) is 1. The van der Waals surface area contributed by atoms with E-state index >= 15 is 0 Å². The molecule has 0 fully saturated rings. The number of rotatable bonds is 5. The molecule has 0 heterocycles. The van der Waals surface area contributed by atoms with Crippen LogP contribution in [0.2, 0.25) is 0 Å². The number of benzene rings is 3. The van der Waals surface area contributed by atoms with Crippen LogP contribution in [0.3, 0.4) is 0 Å². The number of amides is 1. The van der Waals surface area contributed by atoms with E-state index in [0.717, 1.165) is 34.4 Å². The molecule has 0 bridgehead atoms. The van der Waals surface area contributed by atoms with Gasteiger partial charge in [-0.1, -0.05) is 60.4 Å². The number of alkyl halides is 2. The molecule has 3 aromatic rings. The minimum atomic E-state index is -2.86. The molecule has 1 N–H and O–H groups in total. The molecule has 0 unspecified atom stereocenters. The largest absolute Gasteiger partial charge is 0.449 e. The monoisotopic (exact) mass is 435 g/mol. The van der Waals surface area contributed by atoms with E-state index < -0.39 is 23.9 Å². The van der Waals surface area contributed by atoms with E-state index in [4.69, 9.17) is 4.74 Å². The van der Waals surface area contributed by atoms with Gasteiger partial charge in [0.15, 0.2) is 0 Å². The number of carbonyl (C=O) groups excluding carboxylic acids is 1. The lowest BCUT2D eigenvalue weighted by atomic mass is 9.98. The van der Waals surface area contributed by atoms with Gasteiger partial charge in [-0.25, -0.2) is 18.0 Å². The van der Waals surface area contributed by atoms with Crippen LogP contribution in [-0.4, -0.2) is 19.2 Å². The van der Waals surface area contributed by atoms with Gasteiger partial charge in [-0.2, -0.15) is 0 Å². The van der Waals surface area contributed by atoms with Gasteiger partial charge in [-0.3, -0.25) is 0 Å². The topological polar surface area (TPSA) is 38.3 Å². The van der Waals surface area contributed by atoms with Gasteiger partial charge in [0.1, 0.15) is 12.4 Å². The van der Waals surface area contributed by atoms with Gasteiger partial charge in [0.25, 0.3) is 6.43 Å². The first-order valence-corrected chi connectivity index (χ1v) is 10.2. The Labute approximate surface area is 184 Å². The number of hydrogen-bond acceptors (Lipinski definition) is 2. The average Bonchev–Trinajstić information content (AvgIpc) is 3.11. The quantitative estimate of drug-likeness (QED) is 0.392. The zero-order chi connectivity index (χ0) is 22.5. The minimum absolute atomic E-state index is 0.0148. The first-order valence-electron chi connectivity index (χ1n) is 10.2. The van der Waals surface area contributed by atoms with Crippen LogP contribution >= 0.6 is 0 Å². The molecule has 0 saturated carbocycles. The number of fused-ring (bicyclic) bond motifs is 3. The van der Waals surface area contributed by atoms with E-state index in [-0.39, 0.29) is 19.1 Å². The van der Waals surface area contributed by atoms with Crippen LogP contribution < -0.4 is 5.32 Å². The van der Waals surface area contributed by atoms with E-state index in [2.05, 4.69) is 29.3 Å². The molecule has 0 radical (unpaired) electrons. The summed E-state index contributed by atoms with van der Waals surface area (Å²) in [6.45, 7) is 0.475. The van der Waals surface area contributed by atoms with Crippen molar-refractivity contribution in [1.29, 1.82) is 0 Å². The molecule has 32 heavy (non-hydrogen) atoms. The lowest BCUT2D eigenvalue weighted by Crippen LogP contribution is -2.26. The Bertz CT molecular complexity index is 1150. The number of nitrogens with one attached hydrogen (secondary N) is 1. The fourth-order valence-corrected chi connectivity index (χ4v) is 3.82. The smallest absolute Gasteiger partial charge is 0.407 e. The van der Waals surface area contributed by atoms with Crippen molar-refractivity contribution in [3.63, 3.8) is 0 Å². The lowest BCUT2D eigenvalue weighted by Gasteiger charge is -2.14. The maximum absolute atomic E-state index is 13.6. The zero-order valence-electron chi connectivity index (χ0n) is 17.1. The highest BCUT2D eigenvalue weighted by Gasteiger charge is 2.28. The van der Waals surface area contributed by atoms with E-state index in [9.17, 15) is 18.0 Å². The Morgan fingerprint density at radius 3 is 2.28 bits per heavy atom. The van der Waals surface area contributed by atoms with Crippen LogP contribution in [0.15, 0.2) is 66.7 Å². The molecule has 1 amide bonds. The van der Waals surface area contributed by atoms with Crippen LogP contribution in [0.1, 0.15) is 41.0 Å². The molecular weight excluding hydrogens is 415 g/mol. The van der Waals surface area contributed by atoms with Crippen LogP contribution in [0.4, 0.5) is 18.0 Å². The fraction of sp³-hybridized carbons (Fsp3) is 0.192. The summed E-state index contributed by atoms with van der Waals surface area (Å²) in [7, 11) is 0. The predicted octanol–water partition coefficient (Wildman–Crippen LogP) is 6.04. The van der Waals surface area contributed by atoms with Gasteiger partial charge in [-0.15, -0.1) is 0 Å². The van der Waals surface area contributed by atoms with Gasteiger partial charge in [0.2, 0.25) is 0 Å². The molecule has 6 heteroatoms. The molecule has 0 saturated heterocycles. The minimum Gasteiger partial charge on any atom is -0.449 e. The highest BCUT2D eigenvalue weighted by atomic mass is 19.3. The molecular formula is C26H20F3NO2. The third-order valence-electron chi connectivity index (χ3n) is 5.33. The summed E-state index contributed by atoms with van der Waals surface area (Å²) >= 11 is 0. The van der Waals surface area contributed by atoms with Crippen molar-refractivity contribution in [1.82, 2.24) is 5.32 Å². The summed E-state index contributed by atoms with van der Waals surface area (Å²) in [4.78, 5) is 12.1. The van der Waals surface area contributed by atoms with E-state index in [1.54, 1.807) is 0 Å². The molecule has 1 aliphatic carbocycles. The Morgan fingerprint density at radius 2 is 1.66 bits per heavy atom. The molecule has 4 rings (SSSR count). The van der Waals surface area contributed by atoms with Crippen molar-refractivity contribution >= 4 is 6.09 Å². The summed E-state index contributed by atoms with van der Waals surface area (Å²) < 4.78 is 44.1. The second-order valence-electron chi connectivity index (χ2n) is 7.34. The molecule has 0 atom stereocenters. The Kier molecular flexibility index (Phi) is 6.46. The van der Waals surface area contributed by atoms with Gasteiger partial charge in [-0.05, 0) is 40.5 Å². The van der Waals surface area contributed by atoms with Gasteiger partial charge < -0.3 is 10.1 Å². The average molecular weight is 435 g/mol. The standard InChI is InChI=1S/C26H20F3NO2/c27-24-15-17(12-13-22(24)25(28)29)7-5-6-14-30-26(31)32-16-23-20-10-3-1-8-18(20)19-9-2-4-11-21(19)23/h1-4,8-13,15,23,25H,6,14,16H2,(H,30,31). The second kappa shape index (κ2) is 9.61. The SMILES string of the molecule is O=C(NCCC#Cc1ccc(C(F)F)c(F)c1)OCC1c2ccccc2-c2ccccc21. The molecule has 1 aliphatic rings. The molecule has 3 aromatic carbocycles. The number of carbonyl (C=O) groups is 1. The summed E-state index contributed by atoms with van der Waals surface area (Å²) in [5.41, 5.74) is 4.24. The number of halogens is 3. The van der Waals surface area contributed by atoms with Crippen LogP contribution in [-0.2, 0) is 4.74 Å². The van der Waals surface area contributed by atoms with Crippen LogP contribution in [0.25, 0.3) is 11.1 Å². The van der Waals surface area contributed by atoms with Crippen molar-refractivity contribution in [2.45, 2.75) is 18.8 Å². The Morgan fingerprint density at radius 1 is 1.00 bits per heavy atom. The van der Waals surface area contributed by atoms with Crippen LogP contribution in [0.5, 0.6) is 0 Å². The first-order chi connectivity index (χ1) is 15.5. The van der Waals surface area contributed by atoms with Crippen molar-refractivity contribution in [2.75, 3.05) is 13.2 Å². The van der Waals surface area contributed by atoms with Gasteiger partial charge in [0, 0.05) is 24.4 Å². The third-order valence-corrected chi connectivity index (χ3v) is 5.33. The fourth-order valence-electron chi connectivity index (χ4n) is 3.82. The normalized spacial score (nSPS) is 12.0. The summed E-state index contributed by atoms with van der Waals surface area (Å²) in [5.74, 6) is 4.48. The van der Waals surface area contributed by atoms with E-state index in [1.165, 1.54) is 6.07 Å². The first kappa shape index (κ1) is 21.5. The van der Waals surface area contributed by atoms with E-state index in [0.29, 0.717) is 12.0 Å². The maximum Gasteiger partial charge on any atom is 0.407 e. The van der Waals surface area contributed by atoms with Crippen molar-refractivity contribution in [3.8, 4) is 23.0 Å². The zero-order valence-corrected chi connectivity index (χ0v) is 17.1. The number of hydrogen-bond donors (Lipinski definition) is 1. The van der Waals surface area contributed by atoms with E-state index in [1.807, 2.05) is 36.4 Å². The molecule has 162 valence electrons. The van der Waals surface area contributed by atoms with Gasteiger partial charge >= 0.3 is 6.09 Å². The predicted molar refractivity (Wildman–Crippen MR) is 116 cm³/mol. The highest BCUT2D eigenvalue weighted by molar-refractivity contribution is 5.79. The Balaban J connectivity index is 1.27.